The van der Waals surface area contributed by atoms with Crippen LogP contribution in [0.4, 0.5) is 0 Å². The lowest BCUT2D eigenvalue weighted by Gasteiger charge is -2.16. The van der Waals surface area contributed by atoms with Crippen LogP contribution >= 0.6 is 0 Å². The third kappa shape index (κ3) is 4.02. The summed E-state index contributed by atoms with van der Waals surface area (Å²) in [6.45, 7) is 9.69. The first-order valence-corrected chi connectivity index (χ1v) is 6.97. The standard InChI is InChI=1S/C17H24O2/c1-6-12-8-9-14(13(7-2)10-12)15(18)11-16(19)17(3,4)5/h8-10H,6-7,11H2,1-5H3. The van der Waals surface area contributed by atoms with Gasteiger partial charge in [-0.05, 0) is 24.0 Å². The molecule has 0 radical (unpaired) electrons. The molecular formula is C17H24O2. The van der Waals surface area contributed by atoms with E-state index in [4.69, 9.17) is 0 Å². The van der Waals surface area contributed by atoms with E-state index in [2.05, 4.69) is 13.0 Å². The normalized spacial score (nSPS) is 11.4. The van der Waals surface area contributed by atoms with Crippen molar-refractivity contribution in [2.24, 2.45) is 5.41 Å². The second kappa shape index (κ2) is 6.14. The van der Waals surface area contributed by atoms with Gasteiger partial charge >= 0.3 is 0 Å². The Morgan fingerprint density at radius 1 is 1.05 bits per heavy atom. The maximum Gasteiger partial charge on any atom is 0.170 e. The molecule has 0 heterocycles. The second-order valence-electron chi connectivity index (χ2n) is 5.97. The minimum Gasteiger partial charge on any atom is -0.299 e. The van der Waals surface area contributed by atoms with Gasteiger partial charge in [0.25, 0.3) is 0 Å². The van der Waals surface area contributed by atoms with E-state index in [-0.39, 0.29) is 18.0 Å². The number of carbonyl (C=O) groups is 2. The summed E-state index contributed by atoms with van der Waals surface area (Å²) in [5.41, 5.74) is 2.53. The fourth-order valence-corrected chi connectivity index (χ4v) is 1.94. The van der Waals surface area contributed by atoms with Crippen LogP contribution in [0.5, 0.6) is 0 Å². The smallest absolute Gasteiger partial charge is 0.170 e. The molecule has 0 aromatic heterocycles. The summed E-state index contributed by atoms with van der Waals surface area (Å²) in [7, 11) is 0. The Labute approximate surface area is 116 Å². The average molecular weight is 260 g/mol. The molecule has 0 unspecified atom stereocenters. The minimum atomic E-state index is -0.453. The number of aryl methyl sites for hydroxylation is 2. The first kappa shape index (κ1) is 15.6. The van der Waals surface area contributed by atoms with Gasteiger partial charge in [-0.2, -0.15) is 0 Å². The molecule has 0 N–H and O–H groups in total. The van der Waals surface area contributed by atoms with Gasteiger partial charge in [0.15, 0.2) is 5.78 Å². The number of rotatable bonds is 5. The Morgan fingerprint density at radius 2 is 1.68 bits per heavy atom. The summed E-state index contributed by atoms with van der Waals surface area (Å²) in [4.78, 5) is 24.2. The van der Waals surface area contributed by atoms with Crippen LogP contribution < -0.4 is 0 Å². The lowest BCUT2D eigenvalue weighted by atomic mass is 9.86. The van der Waals surface area contributed by atoms with Gasteiger partial charge in [0.05, 0.1) is 6.42 Å². The Hall–Kier alpha value is -1.44. The van der Waals surface area contributed by atoms with Crippen molar-refractivity contribution in [3.63, 3.8) is 0 Å². The first-order chi connectivity index (χ1) is 8.79. The molecule has 0 atom stereocenters. The molecule has 2 heteroatoms. The Morgan fingerprint density at radius 3 is 2.16 bits per heavy atom. The molecule has 0 saturated heterocycles. The zero-order chi connectivity index (χ0) is 14.6. The van der Waals surface area contributed by atoms with Gasteiger partial charge in [-0.15, -0.1) is 0 Å². The van der Waals surface area contributed by atoms with Crippen molar-refractivity contribution in [3.05, 3.63) is 34.9 Å². The molecule has 1 aromatic carbocycles. The summed E-state index contributed by atoms with van der Waals surface area (Å²) in [6.07, 6.45) is 1.78. The highest BCUT2D eigenvalue weighted by atomic mass is 16.1. The van der Waals surface area contributed by atoms with Crippen molar-refractivity contribution in [3.8, 4) is 0 Å². The van der Waals surface area contributed by atoms with E-state index >= 15 is 0 Å². The predicted octanol–water partition coefficient (Wildman–Crippen LogP) is 4.00. The van der Waals surface area contributed by atoms with Crippen LogP contribution in [-0.4, -0.2) is 11.6 Å². The van der Waals surface area contributed by atoms with Crippen molar-refractivity contribution in [2.75, 3.05) is 0 Å². The zero-order valence-electron chi connectivity index (χ0n) is 12.7. The fraction of sp³-hybridized carbons (Fsp3) is 0.529. The Balaban J connectivity index is 2.97. The van der Waals surface area contributed by atoms with Crippen molar-refractivity contribution < 1.29 is 9.59 Å². The van der Waals surface area contributed by atoms with Gasteiger partial charge in [-0.3, -0.25) is 9.59 Å². The summed E-state index contributed by atoms with van der Waals surface area (Å²) < 4.78 is 0. The maximum atomic E-state index is 12.3. The van der Waals surface area contributed by atoms with E-state index in [1.165, 1.54) is 5.56 Å². The number of hydrogen-bond acceptors (Lipinski definition) is 2. The van der Waals surface area contributed by atoms with Gasteiger partial charge in [0.1, 0.15) is 5.78 Å². The van der Waals surface area contributed by atoms with Crippen molar-refractivity contribution in [1.82, 2.24) is 0 Å². The van der Waals surface area contributed by atoms with Crippen LogP contribution in [0.1, 0.15) is 62.5 Å². The molecule has 0 amide bonds. The van der Waals surface area contributed by atoms with Crippen LogP contribution in [-0.2, 0) is 17.6 Å². The highest BCUT2D eigenvalue weighted by Crippen LogP contribution is 2.21. The molecule has 0 fully saturated rings. The fourth-order valence-electron chi connectivity index (χ4n) is 1.94. The quantitative estimate of drug-likeness (QED) is 0.592. The number of carbonyl (C=O) groups excluding carboxylic acids is 2. The Kier molecular flexibility index (Phi) is 5.04. The molecule has 1 rings (SSSR count). The molecule has 1 aromatic rings. The molecular weight excluding hydrogens is 236 g/mol. The third-order valence-corrected chi connectivity index (χ3v) is 3.42. The second-order valence-corrected chi connectivity index (χ2v) is 5.97. The molecule has 0 saturated carbocycles. The average Bonchev–Trinajstić information content (AvgIpc) is 2.36. The van der Waals surface area contributed by atoms with Gasteiger partial charge < -0.3 is 0 Å². The molecule has 104 valence electrons. The van der Waals surface area contributed by atoms with Crippen LogP contribution in [0.2, 0.25) is 0 Å². The molecule has 0 aliphatic rings. The van der Waals surface area contributed by atoms with Gasteiger partial charge in [-0.1, -0.05) is 52.8 Å². The van der Waals surface area contributed by atoms with Crippen LogP contribution in [0.25, 0.3) is 0 Å². The number of benzene rings is 1. The van der Waals surface area contributed by atoms with Crippen molar-refractivity contribution in [2.45, 2.75) is 53.9 Å². The highest BCUT2D eigenvalue weighted by molar-refractivity contribution is 6.09. The van der Waals surface area contributed by atoms with Gasteiger partial charge in [0, 0.05) is 11.0 Å². The van der Waals surface area contributed by atoms with E-state index in [1.54, 1.807) is 0 Å². The first-order valence-electron chi connectivity index (χ1n) is 6.97. The van der Waals surface area contributed by atoms with Crippen LogP contribution in [0.3, 0.4) is 0 Å². The van der Waals surface area contributed by atoms with Crippen LogP contribution in [0, 0.1) is 5.41 Å². The molecule has 2 nitrogen and oxygen atoms in total. The Bertz CT molecular complexity index is 479. The van der Waals surface area contributed by atoms with E-state index in [9.17, 15) is 9.59 Å². The van der Waals surface area contributed by atoms with Crippen LogP contribution in [0.15, 0.2) is 18.2 Å². The van der Waals surface area contributed by atoms with E-state index in [0.29, 0.717) is 5.56 Å². The summed E-state index contributed by atoms with van der Waals surface area (Å²) in [6, 6.07) is 5.93. The maximum absolute atomic E-state index is 12.3. The monoisotopic (exact) mass is 260 g/mol. The zero-order valence-corrected chi connectivity index (χ0v) is 12.7. The molecule has 19 heavy (non-hydrogen) atoms. The summed E-state index contributed by atoms with van der Waals surface area (Å²) in [5.74, 6) is -0.0569. The predicted molar refractivity (Wildman–Crippen MR) is 78.6 cm³/mol. The minimum absolute atomic E-state index is 0.000814. The largest absolute Gasteiger partial charge is 0.299 e. The third-order valence-electron chi connectivity index (χ3n) is 3.42. The van der Waals surface area contributed by atoms with Gasteiger partial charge in [-0.25, -0.2) is 0 Å². The van der Waals surface area contributed by atoms with Crippen molar-refractivity contribution >= 4 is 11.6 Å². The SMILES string of the molecule is CCc1ccc(C(=O)CC(=O)C(C)(C)C)c(CC)c1. The molecule has 0 aliphatic carbocycles. The van der Waals surface area contributed by atoms with E-state index < -0.39 is 5.41 Å². The number of hydrogen-bond donors (Lipinski definition) is 0. The highest BCUT2D eigenvalue weighted by Gasteiger charge is 2.24. The topological polar surface area (TPSA) is 34.1 Å². The molecule has 0 bridgehead atoms. The molecule has 0 spiro atoms. The summed E-state index contributed by atoms with van der Waals surface area (Å²) in [5, 5.41) is 0. The van der Waals surface area contributed by atoms with E-state index in [1.807, 2.05) is 39.8 Å². The molecule has 0 aliphatic heterocycles. The van der Waals surface area contributed by atoms with Gasteiger partial charge in [0.2, 0.25) is 0 Å². The van der Waals surface area contributed by atoms with Crippen molar-refractivity contribution in [1.29, 1.82) is 0 Å². The summed E-state index contributed by atoms with van der Waals surface area (Å²) >= 11 is 0. The number of ketones is 2. The van der Waals surface area contributed by atoms with E-state index in [0.717, 1.165) is 18.4 Å². The lowest BCUT2D eigenvalue weighted by molar-refractivity contribution is -0.125. The number of Topliss-reactive ketones (excluding diaryl/α,β-unsaturated/α-hetero) is 2. The lowest BCUT2D eigenvalue weighted by Crippen LogP contribution is -2.23.